The van der Waals surface area contributed by atoms with Crippen LogP contribution in [0.5, 0.6) is 0 Å². The Hall–Kier alpha value is -0.0800. The van der Waals surface area contributed by atoms with Gasteiger partial charge in [-0.25, -0.2) is 0 Å². The van der Waals surface area contributed by atoms with E-state index in [4.69, 9.17) is 0 Å². The van der Waals surface area contributed by atoms with Gasteiger partial charge in [0.2, 0.25) is 0 Å². The van der Waals surface area contributed by atoms with E-state index in [1.54, 1.807) is 0 Å². The summed E-state index contributed by atoms with van der Waals surface area (Å²) in [6.07, 6.45) is 3.03. The number of nitrogens with one attached hydrogen (secondary N) is 1. The number of hydrogen-bond acceptors (Lipinski definition) is 2. The van der Waals surface area contributed by atoms with E-state index in [2.05, 4.69) is 33.0 Å². The van der Waals surface area contributed by atoms with E-state index >= 15 is 0 Å². The molecule has 2 heteroatoms. The van der Waals surface area contributed by atoms with Crippen molar-refractivity contribution >= 4 is 0 Å². The van der Waals surface area contributed by atoms with Crippen molar-refractivity contribution in [2.75, 3.05) is 6.54 Å². The normalized spacial score (nSPS) is 18.2. The van der Waals surface area contributed by atoms with E-state index in [9.17, 15) is 5.11 Å². The van der Waals surface area contributed by atoms with Gasteiger partial charge in [0.05, 0.1) is 5.60 Å². The molecule has 0 aromatic heterocycles. The van der Waals surface area contributed by atoms with Gasteiger partial charge in [-0.15, -0.1) is 0 Å². The molecular formula is C12H27NO. The molecule has 0 fully saturated rings. The van der Waals surface area contributed by atoms with Crippen LogP contribution in [0.4, 0.5) is 0 Å². The highest BCUT2D eigenvalue weighted by molar-refractivity contribution is 4.78. The van der Waals surface area contributed by atoms with Crippen LogP contribution in [0.1, 0.15) is 53.9 Å². The zero-order valence-electron chi connectivity index (χ0n) is 10.4. The molecule has 0 saturated carbocycles. The molecular weight excluding hydrogens is 174 g/mol. The first-order valence-electron chi connectivity index (χ1n) is 5.88. The summed E-state index contributed by atoms with van der Waals surface area (Å²) >= 11 is 0. The van der Waals surface area contributed by atoms with Gasteiger partial charge in [0.15, 0.2) is 0 Å². The molecule has 2 atom stereocenters. The third-order valence-electron chi connectivity index (χ3n) is 2.78. The van der Waals surface area contributed by atoms with Crippen molar-refractivity contribution in [1.29, 1.82) is 0 Å². The second-order valence-electron chi connectivity index (χ2n) is 4.89. The Kier molecular flexibility index (Phi) is 6.38. The first-order chi connectivity index (χ1) is 6.43. The van der Waals surface area contributed by atoms with Crippen molar-refractivity contribution < 1.29 is 5.11 Å². The van der Waals surface area contributed by atoms with Gasteiger partial charge in [-0.2, -0.15) is 0 Å². The van der Waals surface area contributed by atoms with Gasteiger partial charge < -0.3 is 10.4 Å². The van der Waals surface area contributed by atoms with Crippen LogP contribution >= 0.6 is 0 Å². The first kappa shape index (κ1) is 13.9. The lowest BCUT2D eigenvalue weighted by molar-refractivity contribution is 0.0453. The molecule has 2 nitrogen and oxygen atoms in total. The maximum atomic E-state index is 9.98. The maximum absolute atomic E-state index is 9.98. The van der Waals surface area contributed by atoms with Crippen LogP contribution < -0.4 is 5.32 Å². The van der Waals surface area contributed by atoms with Gasteiger partial charge in [0, 0.05) is 12.6 Å². The largest absolute Gasteiger partial charge is 0.389 e. The van der Waals surface area contributed by atoms with Gasteiger partial charge in [-0.1, -0.05) is 34.1 Å². The van der Waals surface area contributed by atoms with Crippen LogP contribution in [0.15, 0.2) is 0 Å². The molecule has 0 spiro atoms. The summed E-state index contributed by atoms with van der Waals surface area (Å²) in [7, 11) is 0. The van der Waals surface area contributed by atoms with E-state index < -0.39 is 5.60 Å². The zero-order valence-corrected chi connectivity index (χ0v) is 10.4. The van der Waals surface area contributed by atoms with Gasteiger partial charge in [0.25, 0.3) is 0 Å². The van der Waals surface area contributed by atoms with E-state index in [1.165, 1.54) is 0 Å². The van der Waals surface area contributed by atoms with Crippen LogP contribution in [0.2, 0.25) is 0 Å². The Morgan fingerprint density at radius 1 is 1.29 bits per heavy atom. The second-order valence-corrected chi connectivity index (χ2v) is 4.89. The van der Waals surface area contributed by atoms with Crippen LogP contribution in [-0.4, -0.2) is 23.3 Å². The molecule has 0 aliphatic heterocycles. The molecule has 0 saturated heterocycles. The predicted molar refractivity (Wildman–Crippen MR) is 62.5 cm³/mol. The number of rotatable bonds is 7. The molecule has 0 rings (SSSR count). The maximum Gasteiger partial charge on any atom is 0.0743 e. The topological polar surface area (TPSA) is 32.3 Å². The van der Waals surface area contributed by atoms with Crippen molar-refractivity contribution in [1.82, 2.24) is 5.32 Å². The minimum Gasteiger partial charge on any atom is -0.389 e. The molecule has 2 N–H and O–H groups in total. The lowest BCUT2D eigenvalue weighted by atomic mass is 9.97. The van der Waals surface area contributed by atoms with Crippen LogP contribution in [0, 0.1) is 5.92 Å². The molecule has 0 aromatic rings. The molecule has 2 unspecified atom stereocenters. The van der Waals surface area contributed by atoms with Crippen molar-refractivity contribution in [2.24, 2.45) is 5.92 Å². The lowest BCUT2D eigenvalue weighted by Crippen LogP contribution is -2.44. The number of aliphatic hydroxyl groups is 1. The van der Waals surface area contributed by atoms with Crippen LogP contribution in [-0.2, 0) is 0 Å². The smallest absolute Gasteiger partial charge is 0.0743 e. The Morgan fingerprint density at radius 2 is 1.86 bits per heavy atom. The summed E-state index contributed by atoms with van der Waals surface area (Å²) in [5, 5.41) is 13.4. The Bertz CT molecular complexity index is 143. The van der Waals surface area contributed by atoms with Crippen molar-refractivity contribution in [3.8, 4) is 0 Å². The Labute approximate surface area is 89.1 Å². The SMILES string of the molecule is CCCC(C)(O)CNC(CC)C(C)C. The molecule has 0 aliphatic carbocycles. The Balaban J connectivity index is 3.89. The molecule has 0 aliphatic rings. The van der Waals surface area contributed by atoms with Crippen LogP contribution in [0.3, 0.4) is 0 Å². The zero-order chi connectivity index (χ0) is 11.2. The summed E-state index contributed by atoms with van der Waals surface area (Å²) in [5.41, 5.74) is -0.545. The summed E-state index contributed by atoms with van der Waals surface area (Å²) in [4.78, 5) is 0. The third kappa shape index (κ3) is 5.61. The monoisotopic (exact) mass is 201 g/mol. The van der Waals surface area contributed by atoms with Gasteiger partial charge >= 0.3 is 0 Å². The van der Waals surface area contributed by atoms with Gasteiger partial charge in [-0.3, -0.25) is 0 Å². The summed E-state index contributed by atoms with van der Waals surface area (Å²) in [5.74, 6) is 0.637. The quantitative estimate of drug-likeness (QED) is 0.663. The fourth-order valence-electron chi connectivity index (χ4n) is 1.83. The van der Waals surface area contributed by atoms with Gasteiger partial charge in [-0.05, 0) is 25.7 Å². The highest BCUT2D eigenvalue weighted by Crippen LogP contribution is 2.12. The molecule has 0 radical (unpaired) electrons. The fourth-order valence-corrected chi connectivity index (χ4v) is 1.83. The number of hydrogen-bond donors (Lipinski definition) is 2. The first-order valence-corrected chi connectivity index (χ1v) is 5.88. The minimum absolute atomic E-state index is 0.526. The lowest BCUT2D eigenvalue weighted by Gasteiger charge is -2.28. The molecule has 0 aromatic carbocycles. The average molecular weight is 201 g/mol. The molecule has 0 heterocycles. The minimum atomic E-state index is -0.545. The van der Waals surface area contributed by atoms with E-state index in [0.29, 0.717) is 18.5 Å². The van der Waals surface area contributed by atoms with Crippen molar-refractivity contribution in [3.63, 3.8) is 0 Å². The second kappa shape index (κ2) is 6.41. The van der Waals surface area contributed by atoms with E-state index in [-0.39, 0.29) is 0 Å². The van der Waals surface area contributed by atoms with Crippen molar-refractivity contribution in [3.05, 3.63) is 0 Å². The van der Waals surface area contributed by atoms with Gasteiger partial charge in [0.1, 0.15) is 0 Å². The molecule has 14 heavy (non-hydrogen) atoms. The summed E-state index contributed by atoms with van der Waals surface area (Å²) < 4.78 is 0. The Morgan fingerprint density at radius 3 is 2.21 bits per heavy atom. The highest BCUT2D eigenvalue weighted by atomic mass is 16.3. The molecule has 0 amide bonds. The highest BCUT2D eigenvalue weighted by Gasteiger charge is 2.21. The molecule has 86 valence electrons. The summed E-state index contributed by atoms with van der Waals surface area (Å²) in [6, 6.07) is 0.526. The van der Waals surface area contributed by atoms with E-state index in [1.807, 2.05) is 6.92 Å². The standard InChI is InChI=1S/C12H27NO/c1-6-8-12(5,14)9-13-11(7-2)10(3)4/h10-11,13-14H,6-9H2,1-5H3. The van der Waals surface area contributed by atoms with E-state index in [0.717, 1.165) is 19.3 Å². The third-order valence-corrected chi connectivity index (χ3v) is 2.78. The average Bonchev–Trinajstić information content (AvgIpc) is 2.04. The van der Waals surface area contributed by atoms with Crippen molar-refractivity contribution in [2.45, 2.75) is 65.5 Å². The summed E-state index contributed by atoms with van der Waals surface area (Å²) in [6.45, 7) is 11.3. The predicted octanol–water partition coefficient (Wildman–Crippen LogP) is 2.56. The van der Waals surface area contributed by atoms with Crippen LogP contribution in [0.25, 0.3) is 0 Å². The molecule has 0 bridgehead atoms. The fraction of sp³-hybridized carbons (Fsp3) is 1.00.